The minimum Gasteiger partial charge on any atom is -0.507 e. The lowest BCUT2D eigenvalue weighted by Crippen LogP contribution is -1.94. The largest absolute Gasteiger partial charge is 0.507 e. The molecule has 1 saturated carbocycles. The SMILES string of the molecule is Cc1cc2ccccc2c(CCN=C2CC2)c1O. The van der Waals surface area contributed by atoms with E-state index >= 15 is 0 Å². The van der Waals surface area contributed by atoms with Crippen LogP contribution in [-0.2, 0) is 6.42 Å². The Kier molecular flexibility index (Phi) is 2.78. The fourth-order valence-corrected chi connectivity index (χ4v) is 2.36. The van der Waals surface area contributed by atoms with Crippen molar-refractivity contribution in [1.82, 2.24) is 0 Å². The molecule has 1 N–H and O–H groups in total. The predicted octanol–water partition coefficient (Wildman–Crippen LogP) is 3.63. The third-order valence-electron chi connectivity index (χ3n) is 3.49. The zero-order valence-corrected chi connectivity index (χ0v) is 10.6. The molecule has 0 amide bonds. The number of aryl methyl sites for hydroxylation is 1. The average Bonchev–Trinajstić information content (AvgIpc) is 3.18. The summed E-state index contributed by atoms with van der Waals surface area (Å²) in [6.07, 6.45) is 3.15. The van der Waals surface area contributed by atoms with E-state index in [-0.39, 0.29) is 0 Å². The first-order valence-electron chi connectivity index (χ1n) is 6.48. The second kappa shape index (κ2) is 4.45. The molecule has 0 aromatic heterocycles. The Balaban J connectivity index is 2.01. The molecule has 2 nitrogen and oxygen atoms in total. The maximum absolute atomic E-state index is 10.2. The molecule has 1 fully saturated rings. The van der Waals surface area contributed by atoms with Gasteiger partial charge < -0.3 is 5.11 Å². The quantitative estimate of drug-likeness (QED) is 0.871. The first-order valence-corrected chi connectivity index (χ1v) is 6.48. The van der Waals surface area contributed by atoms with E-state index in [4.69, 9.17) is 0 Å². The number of aliphatic imine (C=N–C) groups is 1. The summed E-state index contributed by atoms with van der Waals surface area (Å²) in [4.78, 5) is 4.51. The monoisotopic (exact) mass is 239 g/mol. The predicted molar refractivity (Wildman–Crippen MR) is 75.6 cm³/mol. The number of aromatic hydroxyl groups is 1. The van der Waals surface area contributed by atoms with Crippen LogP contribution in [0.2, 0.25) is 0 Å². The van der Waals surface area contributed by atoms with Crippen LogP contribution >= 0.6 is 0 Å². The van der Waals surface area contributed by atoms with Gasteiger partial charge in [0.05, 0.1) is 0 Å². The number of rotatable bonds is 3. The Morgan fingerprint density at radius 1 is 1.22 bits per heavy atom. The molecular weight excluding hydrogens is 222 g/mol. The first kappa shape index (κ1) is 11.3. The lowest BCUT2D eigenvalue weighted by molar-refractivity contribution is 0.465. The van der Waals surface area contributed by atoms with E-state index in [2.05, 4.69) is 17.1 Å². The van der Waals surface area contributed by atoms with Crippen LogP contribution in [0.15, 0.2) is 35.3 Å². The van der Waals surface area contributed by atoms with E-state index < -0.39 is 0 Å². The molecule has 2 aromatic rings. The average molecular weight is 239 g/mol. The van der Waals surface area contributed by atoms with Crippen LogP contribution in [0.4, 0.5) is 0 Å². The molecule has 0 radical (unpaired) electrons. The first-order chi connectivity index (χ1) is 8.75. The zero-order valence-electron chi connectivity index (χ0n) is 10.6. The molecule has 0 heterocycles. The van der Waals surface area contributed by atoms with Crippen molar-refractivity contribution in [3.63, 3.8) is 0 Å². The molecule has 1 aliphatic rings. The Morgan fingerprint density at radius 3 is 2.78 bits per heavy atom. The highest BCUT2D eigenvalue weighted by Gasteiger charge is 2.13. The molecule has 92 valence electrons. The van der Waals surface area contributed by atoms with Gasteiger partial charge in [-0.25, -0.2) is 0 Å². The lowest BCUT2D eigenvalue weighted by Gasteiger charge is -2.10. The van der Waals surface area contributed by atoms with Crippen molar-refractivity contribution >= 4 is 16.5 Å². The van der Waals surface area contributed by atoms with E-state index in [9.17, 15) is 5.11 Å². The van der Waals surface area contributed by atoms with E-state index in [1.165, 1.54) is 23.9 Å². The second-order valence-corrected chi connectivity index (χ2v) is 4.94. The minimum absolute atomic E-state index is 0.435. The molecular formula is C16H17NO. The number of phenolic OH excluding ortho intramolecular Hbond substituents is 1. The number of nitrogens with zero attached hydrogens (tertiary/aromatic N) is 1. The topological polar surface area (TPSA) is 32.6 Å². The highest BCUT2D eigenvalue weighted by Crippen LogP contribution is 2.31. The number of phenols is 1. The van der Waals surface area contributed by atoms with E-state index in [0.717, 1.165) is 29.5 Å². The maximum Gasteiger partial charge on any atom is 0.122 e. The van der Waals surface area contributed by atoms with Crippen molar-refractivity contribution in [2.45, 2.75) is 26.2 Å². The number of hydrogen-bond donors (Lipinski definition) is 1. The standard InChI is InChI=1S/C16H17NO/c1-11-10-12-4-2-3-5-14(12)15(16(11)18)8-9-17-13-6-7-13/h2-5,10,18H,6-9H2,1H3. The molecule has 0 saturated heterocycles. The summed E-state index contributed by atoms with van der Waals surface area (Å²) in [6, 6.07) is 10.3. The maximum atomic E-state index is 10.2. The summed E-state index contributed by atoms with van der Waals surface area (Å²) in [5, 5.41) is 12.6. The molecule has 2 heteroatoms. The summed E-state index contributed by atoms with van der Waals surface area (Å²) in [6.45, 7) is 2.74. The Morgan fingerprint density at radius 2 is 2.00 bits per heavy atom. The van der Waals surface area contributed by atoms with Gasteiger partial charge >= 0.3 is 0 Å². The van der Waals surface area contributed by atoms with Gasteiger partial charge in [0.2, 0.25) is 0 Å². The fraction of sp³-hybridized carbons (Fsp3) is 0.312. The number of benzene rings is 2. The van der Waals surface area contributed by atoms with Crippen molar-refractivity contribution in [3.8, 4) is 5.75 Å². The number of fused-ring (bicyclic) bond motifs is 1. The molecule has 0 aliphatic heterocycles. The van der Waals surface area contributed by atoms with Gasteiger partial charge in [-0.3, -0.25) is 4.99 Å². The van der Waals surface area contributed by atoms with Crippen LogP contribution in [0.25, 0.3) is 10.8 Å². The van der Waals surface area contributed by atoms with Crippen molar-refractivity contribution in [2.75, 3.05) is 6.54 Å². The van der Waals surface area contributed by atoms with Crippen molar-refractivity contribution in [1.29, 1.82) is 0 Å². The van der Waals surface area contributed by atoms with Crippen molar-refractivity contribution in [3.05, 3.63) is 41.5 Å². The Bertz CT molecular complexity index is 622. The van der Waals surface area contributed by atoms with Gasteiger partial charge in [0.1, 0.15) is 5.75 Å². The normalized spacial score (nSPS) is 13.9. The minimum atomic E-state index is 0.435. The molecule has 2 aromatic carbocycles. The third kappa shape index (κ3) is 2.10. The van der Waals surface area contributed by atoms with E-state index in [1.54, 1.807) is 0 Å². The van der Waals surface area contributed by atoms with Gasteiger partial charge in [-0.2, -0.15) is 0 Å². The van der Waals surface area contributed by atoms with Crippen LogP contribution in [0.3, 0.4) is 0 Å². The second-order valence-electron chi connectivity index (χ2n) is 4.94. The lowest BCUT2D eigenvalue weighted by atomic mass is 9.98. The van der Waals surface area contributed by atoms with Crippen molar-refractivity contribution in [2.24, 2.45) is 4.99 Å². The third-order valence-corrected chi connectivity index (χ3v) is 3.49. The summed E-state index contributed by atoms with van der Waals surface area (Å²) < 4.78 is 0. The van der Waals surface area contributed by atoms with Gasteiger partial charge in [-0.05, 0) is 48.6 Å². The van der Waals surface area contributed by atoms with Crippen LogP contribution in [-0.4, -0.2) is 17.4 Å². The van der Waals surface area contributed by atoms with Crippen LogP contribution in [0.5, 0.6) is 5.75 Å². The van der Waals surface area contributed by atoms with Gasteiger partial charge in [-0.15, -0.1) is 0 Å². The van der Waals surface area contributed by atoms with Gasteiger partial charge in [0, 0.05) is 17.8 Å². The number of hydrogen-bond acceptors (Lipinski definition) is 2. The van der Waals surface area contributed by atoms with Crippen molar-refractivity contribution < 1.29 is 5.11 Å². The highest BCUT2D eigenvalue weighted by atomic mass is 16.3. The highest BCUT2D eigenvalue weighted by molar-refractivity contribution is 5.97. The van der Waals surface area contributed by atoms with Gasteiger partial charge in [0.25, 0.3) is 0 Å². The molecule has 0 spiro atoms. The molecule has 0 bridgehead atoms. The summed E-state index contributed by atoms with van der Waals surface area (Å²) in [5.74, 6) is 0.435. The Labute approximate surface area is 107 Å². The molecule has 1 aliphatic carbocycles. The van der Waals surface area contributed by atoms with E-state index in [1.807, 2.05) is 25.1 Å². The summed E-state index contributed by atoms with van der Waals surface area (Å²) in [7, 11) is 0. The van der Waals surface area contributed by atoms with Crippen LogP contribution in [0, 0.1) is 6.92 Å². The molecule has 0 unspecified atom stereocenters. The smallest absolute Gasteiger partial charge is 0.122 e. The fourth-order valence-electron chi connectivity index (χ4n) is 2.36. The summed E-state index contributed by atoms with van der Waals surface area (Å²) >= 11 is 0. The molecule has 18 heavy (non-hydrogen) atoms. The van der Waals surface area contributed by atoms with Gasteiger partial charge in [-0.1, -0.05) is 24.3 Å². The Hall–Kier alpha value is -1.83. The molecule has 3 rings (SSSR count). The van der Waals surface area contributed by atoms with Crippen LogP contribution in [0.1, 0.15) is 24.0 Å². The van der Waals surface area contributed by atoms with Gasteiger partial charge in [0.15, 0.2) is 0 Å². The van der Waals surface area contributed by atoms with E-state index in [0.29, 0.717) is 5.75 Å². The molecule has 0 atom stereocenters. The van der Waals surface area contributed by atoms with Crippen LogP contribution < -0.4 is 0 Å². The summed E-state index contributed by atoms with van der Waals surface area (Å²) in [5.41, 5.74) is 3.31. The zero-order chi connectivity index (χ0) is 12.5.